The molecule has 0 saturated heterocycles. The van der Waals surface area contributed by atoms with Crippen LogP contribution in [-0.4, -0.2) is 97.5 Å². The van der Waals surface area contributed by atoms with Crippen LogP contribution in [0.5, 0.6) is 0 Å². The Balaban J connectivity index is 0. The first kappa shape index (κ1) is 38.8. The maximum Gasteiger partial charge on any atom is 4.00 e. The van der Waals surface area contributed by atoms with E-state index in [9.17, 15) is 9.59 Å². The van der Waals surface area contributed by atoms with Crippen molar-refractivity contribution >= 4 is 44.2 Å². The summed E-state index contributed by atoms with van der Waals surface area (Å²) in [5.41, 5.74) is 12.0. The van der Waals surface area contributed by atoms with Crippen LogP contribution >= 0.6 is 0 Å². The minimum atomic E-state index is -0.226. The third-order valence-electron chi connectivity index (χ3n) is 5.03. The summed E-state index contributed by atoms with van der Waals surface area (Å²) in [6, 6.07) is 6.22. The summed E-state index contributed by atoms with van der Waals surface area (Å²) in [7, 11) is 6.53. The number of aryl methyl sites for hydroxylation is 6. The molecule has 0 aliphatic heterocycles. The predicted molar refractivity (Wildman–Crippen MR) is 156 cm³/mol. The Kier molecular flexibility index (Phi) is 18.7. The van der Waals surface area contributed by atoms with E-state index in [2.05, 4.69) is 79.5 Å². The second kappa shape index (κ2) is 18.8. The molecule has 0 aliphatic rings. The summed E-state index contributed by atoms with van der Waals surface area (Å²) in [6.45, 7) is 12.2. The quantitative estimate of drug-likeness (QED) is 0.299. The van der Waals surface area contributed by atoms with E-state index in [1.54, 1.807) is 28.2 Å². The van der Waals surface area contributed by atoms with E-state index >= 15 is 0 Å². The fraction of sp³-hybridized carbons (Fsp3) is 0.522. The molecule has 0 fully saturated rings. The van der Waals surface area contributed by atoms with Crippen molar-refractivity contribution < 1.29 is 30.7 Å². The summed E-state index contributed by atoms with van der Waals surface area (Å²) >= 11 is 8.92. The van der Waals surface area contributed by atoms with Crippen LogP contribution in [0.4, 0.5) is 0 Å². The molecule has 3 heterocycles. The monoisotopic (exact) mass is 660 g/mol. The number of carbonyl (C=O) groups is 2. The van der Waals surface area contributed by atoms with Gasteiger partial charge in [0.2, 0.25) is 0 Å². The number of hydrogen-bond acceptors (Lipinski definition) is 8. The van der Waals surface area contributed by atoms with E-state index in [0.717, 1.165) is 34.2 Å². The van der Waals surface area contributed by atoms with Gasteiger partial charge in [-0.25, -0.2) is 15.3 Å². The third kappa shape index (κ3) is 12.1. The molecule has 0 atom stereocenters. The van der Waals surface area contributed by atoms with Crippen molar-refractivity contribution in [2.75, 3.05) is 39.7 Å². The van der Waals surface area contributed by atoms with Gasteiger partial charge in [-0.2, -0.15) is 0 Å². The molecule has 0 unspecified atom stereocenters. The van der Waals surface area contributed by atoms with Crippen LogP contribution in [0.1, 0.15) is 34.2 Å². The maximum atomic E-state index is 10.3. The Morgan fingerprint density at radius 3 is 1.03 bits per heavy atom. The minimum absolute atomic E-state index is 0. The van der Waals surface area contributed by atoms with Crippen LogP contribution in [0.25, 0.3) is 5.59 Å². The Morgan fingerprint density at radius 2 is 0.923 bits per heavy atom. The predicted octanol–water partition coefficient (Wildman–Crippen LogP) is 1.62. The SMILES string of the molecule is CN(C)C(=O)C[S-].CN(C)C(=O)C[S-].Cc1cc(C)n([B-](n2nc(C)cc2C)n2nc(C)cc2C)n1.[Mo+4].[N-]=O. The maximum absolute atomic E-state index is 10.3. The van der Waals surface area contributed by atoms with Crippen LogP contribution in [0.2, 0.25) is 0 Å². The summed E-state index contributed by atoms with van der Waals surface area (Å²) in [5.74, 6) is 0.366. The van der Waals surface area contributed by atoms with Gasteiger partial charge in [-0.1, -0.05) is 11.5 Å². The molecule has 39 heavy (non-hydrogen) atoms. The fourth-order valence-corrected chi connectivity index (χ4v) is 3.73. The van der Waals surface area contributed by atoms with Crippen molar-refractivity contribution in [1.29, 1.82) is 0 Å². The van der Waals surface area contributed by atoms with E-state index in [-0.39, 0.29) is 51.5 Å². The van der Waals surface area contributed by atoms with Crippen LogP contribution < -0.4 is 0 Å². The average Bonchev–Trinajstić information content (AvgIpc) is 3.49. The zero-order valence-corrected chi connectivity index (χ0v) is 27.8. The Labute approximate surface area is 256 Å². The molecule has 3 rings (SSSR count). The molecular formula is C23H37BMoN9O3S2. The van der Waals surface area contributed by atoms with Crippen LogP contribution in [-0.2, 0) is 55.9 Å². The zero-order valence-electron chi connectivity index (χ0n) is 24.2. The zero-order chi connectivity index (χ0) is 29.7. The summed E-state index contributed by atoms with van der Waals surface area (Å²) in [4.78, 5) is 30.9. The first-order valence-corrected chi connectivity index (χ1v) is 12.7. The van der Waals surface area contributed by atoms with E-state index in [0.29, 0.717) is 0 Å². The van der Waals surface area contributed by atoms with E-state index in [1.165, 1.54) is 9.80 Å². The molecular weight excluding hydrogens is 621 g/mol. The molecule has 0 spiro atoms. The molecule has 0 aliphatic carbocycles. The van der Waals surface area contributed by atoms with Gasteiger partial charge in [-0.05, 0) is 76.8 Å². The minimum Gasteiger partial charge on any atom is -0.783 e. The van der Waals surface area contributed by atoms with Crippen molar-refractivity contribution in [3.05, 3.63) is 62.9 Å². The molecule has 16 heteroatoms. The first-order valence-electron chi connectivity index (χ1n) is 11.6. The van der Waals surface area contributed by atoms with E-state index in [1.807, 2.05) is 34.5 Å². The van der Waals surface area contributed by atoms with Gasteiger partial charge in [-0.3, -0.25) is 9.59 Å². The summed E-state index contributed by atoms with van der Waals surface area (Å²) < 4.78 is 5.94. The normalized spacial score (nSPS) is 9.67. The number of nitrogens with zero attached hydrogens (tertiary/aromatic N) is 9. The topological polar surface area (TPSA) is 133 Å². The summed E-state index contributed by atoms with van der Waals surface area (Å²) in [5, 5.41) is 14.0. The third-order valence-corrected chi connectivity index (χ3v) is 5.53. The number of nitroso groups, excluding NO2 is 1. The van der Waals surface area contributed by atoms with Crippen LogP contribution in [0, 0.1) is 46.4 Å². The standard InChI is InChI=1S/C15H21BN6.2C4H9NOS.Mo.NO/c1-10-7-13(4)20(17-10)16(21-14(5)8-11(2)18-21)22-15(6)9-12(3)19-22;2*1-5(2)4(6)3-7;;1-2/h7-9H,1-6H3;2*7H,3H2,1-2H3;;/q-1;;;+4;-1/p-2. The van der Waals surface area contributed by atoms with Gasteiger partial charge in [0, 0.05) is 28.2 Å². The Morgan fingerprint density at radius 1 is 0.692 bits per heavy atom. The fourth-order valence-electron chi connectivity index (χ4n) is 3.21. The number of carbonyl (C=O) groups excluding carboxylic acids is 2. The molecule has 0 bridgehead atoms. The number of hydrogen-bond donors (Lipinski definition) is 0. The van der Waals surface area contributed by atoms with Gasteiger partial charge in [0.15, 0.2) is 11.8 Å². The first-order chi connectivity index (χ1) is 17.7. The van der Waals surface area contributed by atoms with Crippen molar-refractivity contribution in [1.82, 2.24) is 38.9 Å². The van der Waals surface area contributed by atoms with Gasteiger partial charge < -0.3 is 59.3 Å². The molecule has 213 valence electrons. The largest absolute Gasteiger partial charge is 4.00 e. The Hall–Kier alpha value is -2.38. The molecule has 1 radical (unpaired) electrons. The van der Waals surface area contributed by atoms with Crippen molar-refractivity contribution in [2.24, 2.45) is 0 Å². The molecule has 0 aromatic carbocycles. The summed E-state index contributed by atoms with van der Waals surface area (Å²) in [6.07, 6.45) is 0. The number of rotatable bonds is 5. The molecule has 3 aromatic rings. The number of amides is 2. The second-order valence-corrected chi connectivity index (χ2v) is 9.40. The number of aromatic nitrogens is 6. The van der Waals surface area contributed by atoms with Crippen molar-refractivity contribution in [2.45, 2.75) is 41.5 Å². The molecule has 12 nitrogen and oxygen atoms in total. The molecule has 3 aromatic heterocycles. The van der Waals surface area contributed by atoms with Crippen LogP contribution in [0.15, 0.2) is 18.2 Å². The van der Waals surface area contributed by atoms with Gasteiger partial charge in [0.1, 0.15) is 0 Å². The van der Waals surface area contributed by atoms with E-state index in [4.69, 9.17) is 10.5 Å². The average molecular weight is 658 g/mol. The van der Waals surface area contributed by atoms with Gasteiger partial charge >= 0.3 is 21.1 Å². The van der Waals surface area contributed by atoms with E-state index < -0.39 is 0 Å². The van der Waals surface area contributed by atoms with Gasteiger partial charge in [0.05, 0.1) is 17.1 Å². The molecule has 0 saturated carbocycles. The van der Waals surface area contributed by atoms with Crippen molar-refractivity contribution in [3.8, 4) is 0 Å². The molecule has 2 amide bonds. The van der Waals surface area contributed by atoms with Gasteiger partial charge in [0.25, 0.3) is 7.12 Å². The smallest absolute Gasteiger partial charge is 0.783 e. The molecule has 0 N–H and O–H groups in total. The van der Waals surface area contributed by atoms with Crippen LogP contribution in [0.3, 0.4) is 0 Å². The van der Waals surface area contributed by atoms with Gasteiger partial charge in [-0.15, -0.1) is 0 Å². The second-order valence-electron chi connectivity index (χ2n) is 8.83. The Bertz CT molecular complexity index is 1050. The van der Waals surface area contributed by atoms with Crippen molar-refractivity contribution in [3.63, 3.8) is 0 Å².